The van der Waals surface area contributed by atoms with Gasteiger partial charge in [-0.2, -0.15) is 0 Å². The monoisotopic (exact) mass is 320 g/mol. The van der Waals surface area contributed by atoms with Crippen molar-refractivity contribution in [2.45, 2.75) is 72.0 Å². The number of hydrogen-bond donors (Lipinski definition) is 0. The number of unbranched alkanes of at least 4 members (excludes halogenated alkanes) is 3. The average molecular weight is 320 g/mol. The fraction of sp³-hybridized carbons (Fsp3) is 0.650. The quantitative estimate of drug-likeness (QED) is 0.266. The summed E-state index contributed by atoms with van der Waals surface area (Å²) in [6.45, 7) is 7.79. The fourth-order valence-electron chi connectivity index (χ4n) is 2.22. The number of rotatable bonds is 13. The number of Topliss-reactive ketones (excluding diaryl/α,β-unsaturated/α-hetero) is 1. The summed E-state index contributed by atoms with van der Waals surface area (Å²) in [6, 6.07) is 7.71. The van der Waals surface area contributed by atoms with Gasteiger partial charge in [-0.1, -0.05) is 64.3 Å². The zero-order chi connectivity index (χ0) is 16.9. The third kappa shape index (κ3) is 7.76. The Balaban J connectivity index is 2.66. The van der Waals surface area contributed by atoms with E-state index in [-0.39, 0.29) is 12.1 Å². The summed E-state index contributed by atoms with van der Waals surface area (Å²) in [7, 11) is 0. The molecule has 0 aromatic heterocycles. The summed E-state index contributed by atoms with van der Waals surface area (Å²) in [5.41, 5.74) is 1.77. The minimum Gasteiger partial charge on any atom is -0.348 e. The number of benzene rings is 1. The molecule has 1 aromatic carbocycles. The highest BCUT2D eigenvalue weighted by Gasteiger charge is 2.13. The van der Waals surface area contributed by atoms with Crippen LogP contribution in [0.15, 0.2) is 24.3 Å². The SMILES string of the molecule is CCCCOC(OCCCC)c1ccc(C(=O)CCCC)cc1. The van der Waals surface area contributed by atoms with Gasteiger partial charge in [0, 0.05) is 17.5 Å². The highest BCUT2D eigenvalue weighted by atomic mass is 16.7. The van der Waals surface area contributed by atoms with Crippen molar-refractivity contribution in [1.29, 1.82) is 0 Å². The van der Waals surface area contributed by atoms with E-state index in [0.29, 0.717) is 19.6 Å². The highest BCUT2D eigenvalue weighted by molar-refractivity contribution is 5.96. The summed E-state index contributed by atoms with van der Waals surface area (Å²) in [6.07, 6.45) is 6.56. The topological polar surface area (TPSA) is 35.5 Å². The molecule has 0 spiro atoms. The van der Waals surface area contributed by atoms with Gasteiger partial charge in [0.2, 0.25) is 0 Å². The van der Waals surface area contributed by atoms with Crippen LogP contribution >= 0.6 is 0 Å². The first-order valence-electron chi connectivity index (χ1n) is 9.09. The summed E-state index contributed by atoms with van der Waals surface area (Å²) < 4.78 is 11.7. The Hall–Kier alpha value is -1.19. The molecule has 0 radical (unpaired) electrons. The third-order valence-electron chi connectivity index (χ3n) is 3.80. The maximum atomic E-state index is 12.0. The van der Waals surface area contributed by atoms with E-state index in [1.807, 2.05) is 24.3 Å². The van der Waals surface area contributed by atoms with Gasteiger partial charge in [0.15, 0.2) is 12.1 Å². The van der Waals surface area contributed by atoms with E-state index in [1.165, 1.54) is 0 Å². The van der Waals surface area contributed by atoms with Gasteiger partial charge >= 0.3 is 0 Å². The number of hydrogen-bond acceptors (Lipinski definition) is 3. The van der Waals surface area contributed by atoms with Crippen LogP contribution < -0.4 is 0 Å². The highest BCUT2D eigenvalue weighted by Crippen LogP contribution is 2.21. The van der Waals surface area contributed by atoms with Crippen molar-refractivity contribution in [2.75, 3.05) is 13.2 Å². The third-order valence-corrected chi connectivity index (χ3v) is 3.80. The molecule has 0 atom stereocenters. The lowest BCUT2D eigenvalue weighted by Gasteiger charge is -2.19. The van der Waals surface area contributed by atoms with E-state index in [1.54, 1.807) is 0 Å². The first kappa shape index (κ1) is 19.9. The Labute approximate surface area is 141 Å². The minimum atomic E-state index is -0.326. The molecule has 0 aliphatic carbocycles. The smallest absolute Gasteiger partial charge is 0.183 e. The standard InChI is InChI=1S/C20H32O3/c1-4-7-10-19(21)17-11-13-18(14-12-17)20(22-15-8-5-2)23-16-9-6-3/h11-14,20H,4-10,15-16H2,1-3H3. The van der Waals surface area contributed by atoms with E-state index in [2.05, 4.69) is 20.8 Å². The van der Waals surface area contributed by atoms with Crippen molar-refractivity contribution in [3.8, 4) is 0 Å². The van der Waals surface area contributed by atoms with E-state index in [4.69, 9.17) is 9.47 Å². The Morgan fingerprint density at radius 2 is 1.39 bits per heavy atom. The molecule has 0 bridgehead atoms. The zero-order valence-corrected chi connectivity index (χ0v) is 15.0. The van der Waals surface area contributed by atoms with Crippen molar-refractivity contribution in [3.63, 3.8) is 0 Å². The molecular formula is C20H32O3. The van der Waals surface area contributed by atoms with Crippen molar-refractivity contribution < 1.29 is 14.3 Å². The van der Waals surface area contributed by atoms with Crippen LogP contribution in [-0.2, 0) is 9.47 Å². The minimum absolute atomic E-state index is 0.216. The molecule has 1 aromatic rings. The zero-order valence-electron chi connectivity index (χ0n) is 15.0. The van der Waals surface area contributed by atoms with Gasteiger partial charge in [-0.05, 0) is 19.3 Å². The molecule has 1 rings (SSSR count). The molecule has 3 heteroatoms. The fourth-order valence-corrected chi connectivity index (χ4v) is 2.22. The van der Waals surface area contributed by atoms with Crippen molar-refractivity contribution in [3.05, 3.63) is 35.4 Å². The van der Waals surface area contributed by atoms with Gasteiger partial charge in [0.1, 0.15) is 0 Å². The summed E-state index contributed by atoms with van der Waals surface area (Å²) in [5.74, 6) is 0.216. The summed E-state index contributed by atoms with van der Waals surface area (Å²) in [4.78, 5) is 12.0. The van der Waals surface area contributed by atoms with Crippen LogP contribution in [0, 0.1) is 0 Å². The molecule has 0 heterocycles. The lowest BCUT2D eigenvalue weighted by atomic mass is 10.0. The van der Waals surface area contributed by atoms with Crippen molar-refractivity contribution in [1.82, 2.24) is 0 Å². The first-order chi connectivity index (χ1) is 11.2. The van der Waals surface area contributed by atoms with Crippen LogP contribution in [0.4, 0.5) is 0 Å². The molecule has 0 unspecified atom stereocenters. The van der Waals surface area contributed by atoms with Gasteiger partial charge in [-0.3, -0.25) is 4.79 Å². The lowest BCUT2D eigenvalue weighted by molar-refractivity contribution is -0.148. The van der Waals surface area contributed by atoms with E-state index in [0.717, 1.165) is 49.7 Å². The molecule has 3 nitrogen and oxygen atoms in total. The molecule has 0 amide bonds. The van der Waals surface area contributed by atoms with Crippen LogP contribution in [0.2, 0.25) is 0 Å². The van der Waals surface area contributed by atoms with Crippen LogP contribution in [0.25, 0.3) is 0 Å². The largest absolute Gasteiger partial charge is 0.348 e. The second kappa shape index (κ2) is 12.3. The second-order valence-corrected chi connectivity index (χ2v) is 5.93. The Kier molecular flexibility index (Phi) is 10.6. The Morgan fingerprint density at radius 3 is 1.87 bits per heavy atom. The second-order valence-electron chi connectivity index (χ2n) is 5.93. The summed E-state index contributed by atoms with van der Waals surface area (Å²) >= 11 is 0. The van der Waals surface area contributed by atoms with Crippen molar-refractivity contribution >= 4 is 5.78 Å². The van der Waals surface area contributed by atoms with Gasteiger partial charge < -0.3 is 9.47 Å². The van der Waals surface area contributed by atoms with Crippen molar-refractivity contribution in [2.24, 2.45) is 0 Å². The molecule has 0 aliphatic heterocycles. The van der Waals surface area contributed by atoms with Gasteiger partial charge in [0.25, 0.3) is 0 Å². The molecule has 0 saturated carbocycles. The number of ketones is 1. The average Bonchev–Trinajstić information content (AvgIpc) is 2.59. The lowest BCUT2D eigenvalue weighted by Crippen LogP contribution is -2.11. The Bertz CT molecular complexity index is 415. The van der Waals surface area contributed by atoms with E-state index in [9.17, 15) is 4.79 Å². The van der Waals surface area contributed by atoms with Crippen LogP contribution in [0.1, 0.15) is 87.9 Å². The molecule has 0 aliphatic rings. The maximum absolute atomic E-state index is 12.0. The predicted octanol–water partition coefficient (Wildman–Crippen LogP) is 5.69. The molecular weight excluding hydrogens is 288 g/mol. The molecule has 0 saturated heterocycles. The van der Waals surface area contributed by atoms with Crippen LogP contribution in [0.3, 0.4) is 0 Å². The maximum Gasteiger partial charge on any atom is 0.183 e. The van der Waals surface area contributed by atoms with E-state index < -0.39 is 0 Å². The predicted molar refractivity (Wildman–Crippen MR) is 94.8 cm³/mol. The van der Waals surface area contributed by atoms with Crippen LogP contribution in [-0.4, -0.2) is 19.0 Å². The van der Waals surface area contributed by atoms with Crippen LogP contribution in [0.5, 0.6) is 0 Å². The molecule has 0 N–H and O–H groups in total. The normalized spacial score (nSPS) is 11.1. The van der Waals surface area contributed by atoms with Gasteiger partial charge in [-0.15, -0.1) is 0 Å². The first-order valence-corrected chi connectivity index (χ1v) is 9.09. The number of carbonyl (C=O) groups excluding carboxylic acids is 1. The Morgan fingerprint density at radius 1 is 0.870 bits per heavy atom. The molecule has 23 heavy (non-hydrogen) atoms. The number of carbonyl (C=O) groups is 1. The summed E-state index contributed by atoms with van der Waals surface area (Å²) in [5, 5.41) is 0. The molecule has 0 fully saturated rings. The molecule has 130 valence electrons. The number of ether oxygens (including phenoxy) is 2. The van der Waals surface area contributed by atoms with E-state index >= 15 is 0 Å². The van der Waals surface area contributed by atoms with Gasteiger partial charge in [-0.25, -0.2) is 0 Å². The van der Waals surface area contributed by atoms with Gasteiger partial charge in [0.05, 0.1) is 13.2 Å².